The van der Waals surface area contributed by atoms with Gasteiger partial charge in [-0.2, -0.15) is 0 Å². The van der Waals surface area contributed by atoms with Crippen molar-refractivity contribution in [2.45, 2.75) is 22.2 Å². The first-order valence-electron chi connectivity index (χ1n) is 32.8. The van der Waals surface area contributed by atoms with Crippen LogP contribution in [0.4, 0.5) is 0 Å². The molecule has 0 aliphatic rings. The average Bonchev–Trinajstić information content (AvgIpc) is 2.34. The fourth-order valence-corrected chi connectivity index (χ4v) is 12.8. The van der Waals surface area contributed by atoms with Crippen molar-refractivity contribution in [1.82, 2.24) is 0 Å². The lowest BCUT2D eigenvalue weighted by Crippen LogP contribution is -1.91. The summed E-state index contributed by atoms with van der Waals surface area (Å²) in [6.45, 7) is 0. The van der Waals surface area contributed by atoms with E-state index in [9.17, 15) is 0 Å². The number of fused-ring (bicyclic) bond motifs is 13. The average molecular weight is 1050 g/mol. The zero-order chi connectivity index (χ0) is 63.3. The van der Waals surface area contributed by atoms with Gasteiger partial charge in [0.25, 0.3) is 0 Å². The van der Waals surface area contributed by atoms with E-state index in [0.717, 1.165) is 43.9 Å². The predicted octanol–water partition coefficient (Wildman–Crippen LogP) is 24.6. The number of rotatable bonds is 4. The summed E-state index contributed by atoms with van der Waals surface area (Å²) in [4.78, 5) is 0. The van der Waals surface area contributed by atoms with Gasteiger partial charge < -0.3 is 8.83 Å². The second-order valence-corrected chi connectivity index (χ2v) is 20.6. The lowest BCUT2D eigenvalue weighted by atomic mass is 9.84. The third kappa shape index (κ3) is 8.10. The molecule has 0 bridgehead atoms. The van der Waals surface area contributed by atoms with Crippen LogP contribution in [0.5, 0.6) is 0 Å². The number of hydrogen-bond acceptors (Lipinski definition) is 2. The molecule has 2 nitrogen and oxygen atoms in total. The van der Waals surface area contributed by atoms with E-state index in [4.69, 9.17) is 21.9 Å². The number of benzene rings is 15. The van der Waals surface area contributed by atoms with E-state index in [-0.39, 0.29) is 0 Å². The second-order valence-electron chi connectivity index (χ2n) is 20.6. The topological polar surface area (TPSA) is 26.3 Å². The lowest BCUT2D eigenvalue weighted by Gasteiger charge is -2.18. The van der Waals surface area contributed by atoms with Crippen LogP contribution in [-0.4, -0.2) is 0 Å². The Balaban J connectivity index is 0.000000171. The summed E-state index contributed by atoms with van der Waals surface area (Å²) in [5.74, 6) is 0. The summed E-state index contributed by atoms with van der Waals surface area (Å²) < 4.78 is 59.9. The van der Waals surface area contributed by atoms with Gasteiger partial charge in [0.15, 0.2) is 0 Å². The monoisotopic (exact) mass is 1050 g/mol. The fraction of sp³-hybridized carbons (Fsp3) is 0.0380. The van der Waals surface area contributed by atoms with Crippen LogP contribution in [0.15, 0.2) is 288 Å². The van der Waals surface area contributed by atoms with Gasteiger partial charge in [-0.3, -0.25) is 0 Å². The quantitative estimate of drug-likeness (QED) is 0.164. The highest BCUT2D eigenvalue weighted by Gasteiger charge is 2.21. The molecule has 17 aromatic rings. The van der Waals surface area contributed by atoms with E-state index >= 15 is 0 Å². The molecule has 0 atom stereocenters. The minimum absolute atomic E-state index is 0.917. The Labute approximate surface area is 484 Å². The second kappa shape index (κ2) is 20.2. The molecule has 2 heteroatoms. The van der Waals surface area contributed by atoms with Crippen LogP contribution < -0.4 is 0 Å². The highest BCUT2D eigenvalue weighted by atomic mass is 16.3. The largest absolute Gasteiger partial charge is 0.456 e. The Kier molecular flexibility index (Phi) is 10.9. The smallest absolute Gasteiger partial charge is 0.136 e. The summed E-state index contributed by atoms with van der Waals surface area (Å²) in [7, 11) is 3.75. The van der Waals surface area contributed by atoms with E-state index in [0.29, 0.717) is 0 Å². The Bertz CT molecular complexity index is 5190. The van der Waals surface area contributed by atoms with Gasteiger partial charge in [0.05, 0.1) is 0 Å². The molecule has 0 radical (unpaired) electrons. The Morgan fingerprint density at radius 2 is 0.531 bits per heavy atom. The molecule has 15 aromatic carbocycles. The molecule has 0 amide bonds. The molecule has 0 spiro atoms. The molecule has 392 valence electrons. The predicted molar refractivity (Wildman–Crippen MR) is 358 cm³/mol. The van der Waals surface area contributed by atoms with Gasteiger partial charge in [0.1, 0.15) is 22.3 Å². The highest BCUT2D eigenvalue weighted by molar-refractivity contribution is 6.25. The number of hydrogen-bond donors (Lipinski definition) is 0. The Morgan fingerprint density at radius 1 is 0.222 bits per heavy atom. The molecule has 17 rings (SSSR count). The van der Waals surface area contributed by atoms with E-state index in [1.807, 2.05) is 0 Å². The lowest BCUT2D eigenvalue weighted by molar-refractivity contribution is 0.669. The van der Waals surface area contributed by atoms with Gasteiger partial charge in [-0.05, 0) is 168 Å². The van der Waals surface area contributed by atoms with Crippen LogP contribution in [0, 0.1) is 0 Å². The standard InChI is InChI=1S/C40H24O.C36H22O.3CH4.3H2/c1-2-12-27-24-38-36(22-26(27)11-1)35-23-28(20-21-37(35)41-38)39-31-15-5-7-17-33(31)40(34-18-8-6-16-32(34)39)30-19-9-13-25-10-3-4-14-29(25)30;1-2-10-23(11-3-1)35-27-14-6-8-16-29(27)36(30-17-9-7-15-28(30)35)26-18-19-33-31(21-26)32-20-24-12-4-5-13-25(24)22-34(32)37-33;;;;;;/h1-24H;1-22H;3*1H4;3*1H/i;;3*1D;3*1+1D. The van der Waals surface area contributed by atoms with Crippen LogP contribution in [0.1, 0.15) is 35.2 Å². The summed E-state index contributed by atoms with van der Waals surface area (Å²) >= 11 is 0. The van der Waals surface area contributed by atoms with Crippen molar-refractivity contribution >= 4 is 119 Å². The van der Waals surface area contributed by atoms with Crippen molar-refractivity contribution in [1.29, 1.82) is 0 Å². The van der Waals surface area contributed by atoms with Crippen molar-refractivity contribution in [3.63, 3.8) is 0 Å². The third-order valence-corrected chi connectivity index (χ3v) is 16.2. The highest BCUT2D eigenvalue weighted by Crippen LogP contribution is 2.48. The first kappa shape index (κ1) is 43.7. The molecule has 0 aliphatic heterocycles. The fourth-order valence-electron chi connectivity index (χ4n) is 12.8. The van der Waals surface area contributed by atoms with Crippen LogP contribution in [0.25, 0.3) is 164 Å². The van der Waals surface area contributed by atoms with E-state index in [1.165, 1.54) is 142 Å². The van der Waals surface area contributed by atoms with Gasteiger partial charge in [-0.1, -0.05) is 253 Å². The molecule has 2 aromatic heterocycles. The third-order valence-electron chi connectivity index (χ3n) is 16.2. The van der Waals surface area contributed by atoms with Gasteiger partial charge >= 0.3 is 0 Å². The van der Waals surface area contributed by atoms with Gasteiger partial charge in [-0.25, -0.2) is 0 Å². The van der Waals surface area contributed by atoms with Gasteiger partial charge in [-0.15, -0.1) is 0 Å². The summed E-state index contributed by atoms with van der Waals surface area (Å²) in [5.41, 5.74) is 13.7. The maximum atomic E-state index is 6.34. The molecule has 2 heterocycles. The first-order valence-corrected chi connectivity index (χ1v) is 26.8. The van der Waals surface area contributed by atoms with Crippen LogP contribution in [-0.2, 0) is 0 Å². The minimum atomic E-state index is 0.917. The van der Waals surface area contributed by atoms with Crippen LogP contribution >= 0.6 is 0 Å². The molecule has 0 N–H and O–H groups in total. The Hall–Kier alpha value is -10.3. The summed E-state index contributed by atoms with van der Waals surface area (Å²) in [5, 5.41) is 22.1. The molecule has 0 fully saturated rings. The van der Waals surface area contributed by atoms with Crippen molar-refractivity contribution < 1.29 is 21.9 Å². The number of furan rings is 2. The molecular formula is C79H64O2. The SMILES string of the molecule is [2H]C.[2H]C.[2H]C.[2H][2H].[2H][2H].[2H][2H].c1ccc(-c2c3ccccc3c(-c3ccc4oc5cc6ccccc6cc5c4c3)c3ccccc23)cc1.c1ccc2cc3c(cc2c1)oc1ccc(-c2c4ccccc4c(-c4cccc5ccccc45)c4ccccc24)cc13. The van der Waals surface area contributed by atoms with Crippen molar-refractivity contribution in [3.8, 4) is 44.5 Å². The van der Waals surface area contributed by atoms with Crippen LogP contribution in [0.3, 0.4) is 0 Å². The maximum absolute atomic E-state index is 6.34. The van der Waals surface area contributed by atoms with E-state index in [2.05, 4.69) is 279 Å². The maximum Gasteiger partial charge on any atom is 0.136 e. The van der Waals surface area contributed by atoms with Gasteiger partial charge in [0.2, 0.25) is 0 Å². The molecular weight excluding hydrogens is 981 g/mol. The van der Waals surface area contributed by atoms with Crippen molar-refractivity contribution in [2.24, 2.45) is 0 Å². The van der Waals surface area contributed by atoms with E-state index < -0.39 is 0 Å². The van der Waals surface area contributed by atoms with Gasteiger partial charge in [0, 0.05) is 34.6 Å². The zero-order valence-electron chi connectivity index (χ0n) is 54.4. The molecule has 81 heavy (non-hydrogen) atoms. The van der Waals surface area contributed by atoms with Crippen molar-refractivity contribution in [2.75, 3.05) is 0 Å². The molecule has 0 saturated heterocycles. The van der Waals surface area contributed by atoms with E-state index in [1.54, 1.807) is 0 Å². The zero-order valence-corrected chi connectivity index (χ0v) is 45.4. The minimum Gasteiger partial charge on any atom is -0.456 e. The molecule has 0 aliphatic carbocycles. The molecule has 0 saturated carbocycles. The molecule has 0 unspecified atom stereocenters. The Morgan fingerprint density at radius 3 is 0.951 bits per heavy atom. The first-order chi connectivity index (χ1) is 44.7. The normalized spacial score (nSPS) is 12.0. The summed E-state index contributed by atoms with van der Waals surface area (Å²) in [6.07, 6.45) is 0. The summed E-state index contributed by atoms with van der Waals surface area (Å²) in [6, 6.07) is 101. The van der Waals surface area contributed by atoms with Crippen LogP contribution in [0.2, 0.25) is 0 Å². The van der Waals surface area contributed by atoms with Crippen molar-refractivity contribution in [3.05, 3.63) is 279 Å².